The molecule has 2 aromatic carbocycles. The molecule has 1 nitrogen and oxygen atoms in total. The molecular weight excluding hydrogens is 329 g/mol. The summed E-state index contributed by atoms with van der Waals surface area (Å²) in [7, 11) is 0. The highest BCUT2D eigenvalue weighted by molar-refractivity contribution is 9.10. The van der Waals surface area contributed by atoms with Gasteiger partial charge < -0.3 is 5.32 Å². The number of hydrogen-bond donors (Lipinski definition) is 1. The van der Waals surface area contributed by atoms with Gasteiger partial charge in [-0.1, -0.05) is 48.9 Å². The van der Waals surface area contributed by atoms with Crippen LogP contribution >= 0.6 is 15.9 Å². The number of rotatable bonds is 6. The van der Waals surface area contributed by atoms with Gasteiger partial charge in [-0.15, -0.1) is 0 Å². The fourth-order valence-electron chi connectivity index (χ4n) is 2.60. The second kappa shape index (κ2) is 7.71. The molecule has 21 heavy (non-hydrogen) atoms. The molecule has 2 rings (SSSR count). The molecule has 0 amide bonds. The lowest BCUT2D eigenvalue weighted by molar-refractivity contribution is 0.518. The van der Waals surface area contributed by atoms with Crippen LogP contribution in [0.4, 0.5) is 4.39 Å². The third-order valence-electron chi connectivity index (χ3n) is 3.56. The molecule has 0 fully saturated rings. The smallest absolute Gasteiger partial charge is 0.137 e. The molecule has 0 saturated heterocycles. The summed E-state index contributed by atoms with van der Waals surface area (Å²) in [6.07, 6.45) is 1.75. The minimum Gasteiger partial charge on any atom is -0.314 e. The highest BCUT2D eigenvalue weighted by atomic mass is 79.9. The maximum absolute atomic E-state index is 13.6. The fraction of sp³-hybridized carbons (Fsp3) is 0.333. The SMILES string of the molecule is CCNC(Cc1cccc(C)c1)Cc1cccc(F)c1Br. The molecule has 1 N–H and O–H groups in total. The molecular formula is C18H21BrFN. The van der Waals surface area contributed by atoms with Crippen molar-refractivity contribution in [2.24, 2.45) is 0 Å². The van der Waals surface area contributed by atoms with Gasteiger partial charge in [0.05, 0.1) is 4.47 Å². The third kappa shape index (κ3) is 4.65. The number of hydrogen-bond acceptors (Lipinski definition) is 1. The van der Waals surface area contributed by atoms with E-state index in [1.807, 2.05) is 6.07 Å². The molecule has 1 unspecified atom stereocenters. The summed E-state index contributed by atoms with van der Waals surface area (Å²) in [5, 5.41) is 3.50. The topological polar surface area (TPSA) is 12.0 Å². The zero-order valence-electron chi connectivity index (χ0n) is 12.5. The Bertz CT molecular complexity index is 598. The van der Waals surface area contributed by atoms with Crippen LogP contribution in [0.3, 0.4) is 0 Å². The lowest BCUT2D eigenvalue weighted by Crippen LogP contribution is -2.33. The first kappa shape index (κ1) is 16.2. The molecule has 0 aliphatic heterocycles. The molecule has 0 radical (unpaired) electrons. The predicted octanol–water partition coefficient (Wildman–Crippen LogP) is 4.66. The molecule has 0 aromatic heterocycles. The molecule has 0 bridgehead atoms. The Morgan fingerprint density at radius 1 is 1.14 bits per heavy atom. The molecule has 0 aliphatic carbocycles. The van der Waals surface area contributed by atoms with Crippen molar-refractivity contribution in [3.05, 3.63) is 69.4 Å². The molecule has 2 aromatic rings. The molecule has 112 valence electrons. The Labute approximate surface area is 134 Å². The quantitative estimate of drug-likeness (QED) is 0.799. The van der Waals surface area contributed by atoms with Crippen LogP contribution in [0, 0.1) is 12.7 Å². The third-order valence-corrected chi connectivity index (χ3v) is 4.44. The van der Waals surface area contributed by atoms with Crippen LogP contribution in [-0.4, -0.2) is 12.6 Å². The minimum absolute atomic E-state index is 0.196. The number of nitrogens with one attached hydrogen (secondary N) is 1. The number of halogens is 2. The Hall–Kier alpha value is -1.19. The molecule has 1 atom stereocenters. The Kier molecular flexibility index (Phi) is 5.95. The minimum atomic E-state index is -0.196. The van der Waals surface area contributed by atoms with Crippen molar-refractivity contribution < 1.29 is 4.39 Å². The van der Waals surface area contributed by atoms with E-state index < -0.39 is 0 Å². The first-order valence-corrected chi connectivity index (χ1v) is 8.11. The summed E-state index contributed by atoms with van der Waals surface area (Å²) >= 11 is 3.35. The van der Waals surface area contributed by atoms with Crippen LogP contribution in [0.5, 0.6) is 0 Å². The van der Waals surface area contributed by atoms with Crippen LogP contribution < -0.4 is 5.32 Å². The fourth-order valence-corrected chi connectivity index (χ4v) is 3.03. The van der Waals surface area contributed by atoms with Crippen molar-refractivity contribution in [3.63, 3.8) is 0 Å². The molecule has 0 heterocycles. The van der Waals surface area contributed by atoms with Crippen LogP contribution in [0.15, 0.2) is 46.9 Å². The second-order valence-corrected chi connectivity index (χ2v) is 6.16. The monoisotopic (exact) mass is 349 g/mol. The van der Waals surface area contributed by atoms with Gasteiger partial charge >= 0.3 is 0 Å². The van der Waals surface area contributed by atoms with Gasteiger partial charge in [-0.3, -0.25) is 0 Å². The summed E-state index contributed by atoms with van der Waals surface area (Å²) in [5.74, 6) is -0.196. The van der Waals surface area contributed by atoms with Crippen molar-refractivity contribution >= 4 is 15.9 Å². The Balaban J connectivity index is 2.13. The maximum atomic E-state index is 13.6. The predicted molar refractivity (Wildman–Crippen MR) is 90.2 cm³/mol. The standard InChI is InChI=1S/C18H21BrFN/c1-3-21-16(11-14-7-4-6-13(2)10-14)12-15-8-5-9-17(20)18(15)19/h4-10,16,21H,3,11-12H2,1-2H3. The molecule has 0 spiro atoms. The van der Waals surface area contributed by atoms with Crippen LogP contribution in [0.2, 0.25) is 0 Å². The first-order valence-electron chi connectivity index (χ1n) is 7.32. The summed E-state index contributed by atoms with van der Waals surface area (Å²) < 4.78 is 14.2. The summed E-state index contributed by atoms with van der Waals surface area (Å²) in [4.78, 5) is 0. The van der Waals surface area contributed by atoms with Crippen molar-refractivity contribution in [2.45, 2.75) is 32.7 Å². The highest BCUT2D eigenvalue weighted by Crippen LogP contribution is 2.22. The van der Waals surface area contributed by atoms with E-state index >= 15 is 0 Å². The normalized spacial score (nSPS) is 12.4. The van der Waals surface area contributed by atoms with Gasteiger partial charge in [-0.2, -0.15) is 0 Å². The first-order chi connectivity index (χ1) is 10.1. The lowest BCUT2D eigenvalue weighted by Gasteiger charge is -2.19. The summed E-state index contributed by atoms with van der Waals surface area (Å²) in [5.41, 5.74) is 3.59. The van der Waals surface area contributed by atoms with Crippen molar-refractivity contribution in [1.29, 1.82) is 0 Å². The second-order valence-electron chi connectivity index (χ2n) is 5.36. The largest absolute Gasteiger partial charge is 0.314 e. The lowest BCUT2D eigenvalue weighted by atomic mass is 9.98. The average Bonchev–Trinajstić information content (AvgIpc) is 2.44. The van der Waals surface area contributed by atoms with E-state index in [-0.39, 0.29) is 5.82 Å². The molecule has 0 aliphatic rings. The van der Waals surface area contributed by atoms with Gasteiger partial charge in [0.2, 0.25) is 0 Å². The van der Waals surface area contributed by atoms with Gasteiger partial charge in [0.1, 0.15) is 5.82 Å². The van der Waals surface area contributed by atoms with E-state index in [1.54, 1.807) is 6.07 Å². The molecule has 3 heteroatoms. The van der Waals surface area contributed by atoms with E-state index in [4.69, 9.17) is 0 Å². The van der Waals surface area contributed by atoms with Gasteiger partial charge in [0, 0.05) is 6.04 Å². The number of aryl methyl sites for hydroxylation is 1. The average molecular weight is 350 g/mol. The van der Waals surface area contributed by atoms with Gasteiger partial charge in [-0.25, -0.2) is 4.39 Å². The van der Waals surface area contributed by atoms with Gasteiger partial charge in [-0.05, 0) is 59.4 Å². The van der Waals surface area contributed by atoms with Crippen molar-refractivity contribution in [1.82, 2.24) is 5.32 Å². The van der Waals surface area contributed by atoms with E-state index in [2.05, 4.69) is 59.4 Å². The zero-order chi connectivity index (χ0) is 15.2. The van der Waals surface area contributed by atoms with Gasteiger partial charge in [0.25, 0.3) is 0 Å². The Morgan fingerprint density at radius 3 is 2.62 bits per heavy atom. The van der Waals surface area contributed by atoms with E-state index in [9.17, 15) is 4.39 Å². The van der Waals surface area contributed by atoms with Crippen LogP contribution in [0.25, 0.3) is 0 Å². The molecule has 0 saturated carbocycles. The van der Waals surface area contributed by atoms with Crippen molar-refractivity contribution in [3.8, 4) is 0 Å². The number of benzene rings is 2. The maximum Gasteiger partial charge on any atom is 0.137 e. The number of likely N-dealkylation sites (N-methyl/N-ethyl adjacent to an activating group) is 1. The van der Waals surface area contributed by atoms with Crippen LogP contribution in [-0.2, 0) is 12.8 Å². The zero-order valence-corrected chi connectivity index (χ0v) is 14.1. The summed E-state index contributed by atoms with van der Waals surface area (Å²) in [6, 6.07) is 14.1. The highest BCUT2D eigenvalue weighted by Gasteiger charge is 2.13. The van der Waals surface area contributed by atoms with E-state index in [0.29, 0.717) is 10.5 Å². The van der Waals surface area contributed by atoms with E-state index in [1.165, 1.54) is 17.2 Å². The van der Waals surface area contributed by atoms with Crippen molar-refractivity contribution in [2.75, 3.05) is 6.54 Å². The summed E-state index contributed by atoms with van der Waals surface area (Å²) in [6.45, 7) is 5.11. The van der Waals surface area contributed by atoms with Crippen LogP contribution in [0.1, 0.15) is 23.6 Å². The van der Waals surface area contributed by atoms with Gasteiger partial charge in [0.15, 0.2) is 0 Å². The Morgan fingerprint density at radius 2 is 1.90 bits per heavy atom. The van der Waals surface area contributed by atoms with E-state index in [0.717, 1.165) is 24.9 Å².